The molecule has 0 saturated carbocycles. The molecule has 2 rings (SSSR count). The monoisotopic (exact) mass is 304 g/mol. The maximum atomic E-state index is 10.7. The largest absolute Gasteiger partial charge is 0.490 e. The average molecular weight is 304 g/mol. The number of hydrogen-bond acceptors (Lipinski definition) is 5. The number of benzene rings is 2. The van der Waals surface area contributed by atoms with Crippen molar-refractivity contribution >= 4 is 5.97 Å². The summed E-state index contributed by atoms with van der Waals surface area (Å²) < 4.78 is 11.0. The van der Waals surface area contributed by atoms with Crippen LogP contribution in [0.5, 0.6) is 11.5 Å². The number of hydrogen-bond donors (Lipinski definition) is 2. The van der Waals surface area contributed by atoms with Crippen molar-refractivity contribution in [3.63, 3.8) is 0 Å². The molecule has 0 bridgehead atoms. The summed E-state index contributed by atoms with van der Waals surface area (Å²) in [6.45, 7) is 0.834. The molecule has 0 heterocycles. The zero-order valence-corrected chi connectivity index (χ0v) is 11.8. The molecular formula is C16H16O6. The summed E-state index contributed by atoms with van der Waals surface area (Å²) in [5, 5.41) is 17.1. The second kappa shape index (κ2) is 8.02. The summed E-state index contributed by atoms with van der Waals surface area (Å²) in [6, 6.07) is 13.3. The van der Waals surface area contributed by atoms with Crippen molar-refractivity contribution in [2.45, 2.75) is 6.61 Å². The van der Waals surface area contributed by atoms with Crippen LogP contribution in [0.15, 0.2) is 48.5 Å². The van der Waals surface area contributed by atoms with Gasteiger partial charge < -0.3 is 14.6 Å². The van der Waals surface area contributed by atoms with Gasteiger partial charge in [0.25, 0.3) is 0 Å². The fourth-order valence-electron chi connectivity index (χ4n) is 1.77. The Labute approximate surface area is 127 Å². The van der Waals surface area contributed by atoms with E-state index in [1.54, 1.807) is 36.4 Å². The van der Waals surface area contributed by atoms with Gasteiger partial charge in [-0.15, -0.1) is 0 Å². The smallest absolute Gasteiger partial charge is 0.335 e. The van der Waals surface area contributed by atoms with Crippen molar-refractivity contribution in [2.75, 3.05) is 13.2 Å². The molecular weight excluding hydrogens is 288 g/mol. The highest BCUT2D eigenvalue weighted by Crippen LogP contribution is 2.14. The Morgan fingerprint density at radius 1 is 0.864 bits per heavy atom. The lowest BCUT2D eigenvalue weighted by Gasteiger charge is -2.09. The molecule has 0 radical (unpaired) electrons. The first-order chi connectivity index (χ1) is 10.7. The van der Waals surface area contributed by atoms with E-state index in [9.17, 15) is 4.79 Å². The van der Waals surface area contributed by atoms with Crippen molar-refractivity contribution < 1.29 is 29.5 Å². The Balaban J connectivity index is 1.73. The Kier molecular flexibility index (Phi) is 5.76. The predicted molar refractivity (Wildman–Crippen MR) is 78.3 cm³/mol. The van der Waals surface area contributed by atoms with Crippen LogP contribution < -0.4 is 9.47 Å². The zero-order valence-electron chi connectivity index (χ0n) is 11.8. The van der Waals surface area contributed by atoms with E-state index in [0.29, 0.717) is 24.7 Å². The van der Waals surface area contributed by atoms with Gasteiger partial charge in [-0.2, -0.15) is 0 Å². The van der Waals surface area contributed by atoms with Crippen LogP contribution in [-0.2, 0) is 11.5 Å². The Morgan fingerprint density at radius 3 is 1.82 bits per heavy atom. The third-order valence-electron chi connectivity index (χ3n) is 2.88. The topological polar surface area (TPSA) is 85.2 Å². The fourth-order valence-corrected chi connectivity index (χ4v) is 1.77. The van der Waals surface area contributed by atoms with Crippen molar-refractivity contribution in [1.29, 1.82) is 0 Å². The lowest BCUT2D eigenvalue weighted by atomic mass is 10.2. The first-order valence-corrected chi connectivity index (χ1v) is 6.63. The number of carboxylic acids is 1. The summed E-state index contributed by atoms with van der Waals surface area (Å²) in [5.74, 6) is 0.306. The fraction of sp³-hybridized carbons (Fsp3) is 0.188. The number of carbonyl (C=O) groups is 1. The lowest BCUT2D eigenvalue weighted by molar-refractivity contribution is -0.253. The molecule has 2 aromatic rings. The summed E-state index contributed by atoms with van der Waals surface area (Å²) in [7, 11) is 0. The van der Waals surface area contributed by atoms with Crippen LogP contribution in [0.25, 0.3) is 0 Å². The van der Waals surface area contributed by atoms with E-state index in [0.717, 1.165) is 5.56 Å². The first-order valence-electron chi connectivity index (χ1n) is 6.63. The molecule has 22 heavy (non-hydrogen) atoms. The van der Waals surface area contributed by atoms with Crippen LogP contribution >= 0.6 is 0 Å². The van der Waals surface area contributed by atoms with Crippen molar-refractivity contribution in [3.8, 4) is 11.5 Å². The van der Waals surface area contributed by atoms with E-state index in [-0.39, 0.29) is 12.2 Å². The molecule has 6 nitrogen and oxygen atoms in total. The Bertz CT molecular complexity index is 591. The summed E-state index contributed by atoms with van der Waals surface area (Å²) in [6.07, 6.45) is 0. The maximum Gasteiger partial charge on any atom is 0.335 e. The van der Waals surface area contributed by atoms with Crippen LogP contribution in [-0.4, -0.2) is 29.5 Å². The van der Waals surface area contributed by atoms with Crippen molar-refractivity contribution in [2.24, 2.45) is 0 Å². The molecule has 0 aliphatic carbocycles. The van der Waals surface area contributed by atoms with E-state index in [1.807, 2.05) is 0 Å². The number of rotatable bonds is 8. The first kappa shape index (κ1) is 15.8. The minimum Gasteiger partial charge on any atom is -0.490 e. The van der Waals surface area contributed by atoms with Crippen molar-refractivity contribution in [1.82, 2.24) is 0 Å². The van der Waals surface area contributed by atoms with E-state index < -0.39 is 5.97 Å². The van der Waals surface area contributed by atoms with Gasteiger partial charge >= 0.3 is 5.97 Å². The van der Waals surface area contributed by atoms with Gasteiger partial charge in [-0.1, -0.05) is 12.1 Å². The summed E-state index contributed by atoms with van der Waals surface area (Å²) >= 11 is 0. The lowest BCUT2D eigenvalue weighted by Crippen LogP contribution is -2.09. The van der Waals surface area contributed by atoms with Gasteiger partial charge in [0.2, 0.25) is 0 Å². The quantitative estimate of drug-likeness (QED) is 0.443. The zero-order chi connectivity index (χ0) is 15.8. The van der Waals surface area contributed by atoms with Gasteiger partial charge in [0.15, 0.2) is 0 Å². The number of aromatic carboxylic acids is 1. The second-order valence-electron chi connectivity index (χ2n) is 4.44. The molecule has 0 atom stereocenters. The van der Waals surface area contributed by atoms with Gasteiger partial charge in [-0.3, -0.25) is 5.26 Å². The van der Waals surface area contributed by atoms with E-state index >= 15 is 0 Å². The molecule has 0 aromatic heterocycles. The molecule has 0 aliphatic heterocycles. The second-order valence-corrected chi connectivity index (χ2v) is 4.44. The minimum atomic E-state index is -0.968. The van der Waals surface area contributed by atoms with Crippen LogP contribution in [0.4, 0.5) is 0 Å². The standard InChI is InChI=1S/C16H16O6/c17-16(18)13-3-7-15(8-4-13)21-10-9-20-14-5-1-12(2-6-14)11-22-19/h1-8,19H,9-11H2,(H,17,18). The van der Waals surface area contributed by atoms with E-state index in [2.05, 4.69) is 4.89 Å². The van der Waals surface area contributed by atoms with Crippen LogP contribution in [0.2, 0.25) is 0 Å². The van der Waals surface area contributed by atoms with Gasteiger partial charge in [0.1, 0.15) is 31.3 Å². The molecule has 0 aliphatic rings. The minimum absolute atomic E-state index is 0.135. The van der Waals surface area contributed by atoms with Crippen LogP contribution in [0.3, 0.4) is 0 Å². The van der Waals surface area contributed by atoms with Gasteiger partial charge in [0, 0.05) is 0 Å². The molecule has 0 amide bonds. The van der Waals surface area contributed by atoms with Gasteiger partial charge in [-0.25, -0.2) is 9.68 Å². The highest BCUT2D eigenvalue weighted by atomic mass is 17.1. The average Bonchev–Trinajstić information content (AvgIpc) is 2.54. The molecule has 2 N–H and O–H groups in total. The molecule has 116 valence electrons. The SMILES string of the molecule is O=C(O)c1ccc(OCCOc2ccc(COO)cc2)cc1. The molecule has 2 aromatic carbocycles. The van der Waals surface area contributed by atoms with Crippen LogP contribution in [0.1, 0.15) is 15.9 Å². The molecule has 0 unspecified atom stereocenters. The third kappa shape index (κ3) is 4.76. The van der Waals surface area contributed by atoms with Crippen molar-refractivity contribution in [3.05, 3.63) is 59.7 Å². The van der Waals surface area contributed by atoms with E-state index in [4.69, 9.17) is 19.8 Å². The third-order valence-corrected chi connectivity index (χ3v) is 2.88. The normalized spacial score (nSPS) is 10.2. The van der Waals surface area contributed by atoms with Gasteiger partial charge in [0.05, 0.1) is 5.56 Å². The number of ether oxygens (including phenoxy) is 2. The molecule has 0 spiro atoms. The Hall–Kier alpha value is -2.57. The van der Waals surface area contributed by atoms with Gasteiger partial charge in [-0.05, 0) is 42.0 Å². The summed E-state index contributed by atoms with van der Waals surface area (Å²) in [5.41, 5.74) is 1.06. The Morgan fingerprint density at radius 2 is 1.36 bits per heavy atom. The number of carboxylic acid groups (broad SMARTS) is 1. The molecule has 6 heteroatoms. The molecule has 0 saturated heterocycles. The highest BCUT2D eigenvalue weighted by Gasteiger charge is 2.02. The summed E-state index contributed by atoms with van der Waals surface area (Å²) in [4.78, 5) is 14.8. The predicted octanol–water partition coefficient (Wildman–Crippen LogP) is 2.83. The van der Waals surface area contributed by atoms with Crippen LogP contribution in [0, 0.1) is 0 Å². The van der Waals surface area contributed by atoms with E-state index in [1.165, 1.54) is 12.1 Å². The maximum absolute atomic E-state index is 10.7. The highest BCUT2D eigenvalue weighted by molar-refractivity contribution is 5.87. The molecule has 0 fully saturated rings.